The topological polar surface area (TPSA) is 37.3 Å². The number of benzene rings is 1. The quantitative estimate of drug-likeness (QED) is 0.346. The molecular weight excluding hydrogens is 308 g/mol. The van der Waals surface area contributed by atoms with E-state index in [0.717, 1.165) is 19.3 Å². The van der Waals surface area contributed by atoms with Crippen LogP contribution in [-0.4, -0.2) is 11.1 Å². The zero-order chi connectivity index (χ0) is 18.4. The fourth-order valence-corrected chi connectivity index (χ4v) is 3.47. The number of aryl methyl sites for hydroxylation is 1. The number of carboxylic acid groups (broad SMARTS) is 1. The molecule has 1 aromatic carbocycles. The Balaban J connectivity index is 1.91. The molecule has 0 unspecified atom stereocenters. The highest BCUT2D eigenvalue weighted by atomic mass is 16.4. The summed E-state index contributed by atoms with van der Waals surface area (Å²) in [5.41, 5.74) is 1.84. The van der Waals surface area contributed by atoms with Gasteiger partial charge >= 0.3 is 5.97 Å². The normalized spacial score (nSPS) is 11.6. The average molecular weight is 347 g/mol. The first kappa shape index (κ1) is 21.7. The highest BCUT2D eigenvalue weighted by Crippen LogP contribution is 2.30. The minimum atomic E-state index is -0.665. The summed E-state index contributed by atoms with van der Waals surface area (Å²) in [5, 5.41) is 8.68. The van der Waals surface area contributed by atoms with E-state index in [-0.39, 0.29) is 0 Å². The zero-order valence-corrected chi connectivity index (χ0v) is 16.4. The molecule has 0 saturated carbocycles. The highest BCUT2D eigenvalue weighted by molar-refractivity contribution is 5.66. The monoisotopic (exact) mass is 346 g/mol. The molecule has 2 heteroatoms. The van der Waals surface area contributed by atoms with Gasteiger partial charge in [-0.25, -0.2) is 0 Å². The highest BCUT2D eigenvalue weighted by Gasteiger charge is 2.16. The zero-order valence-electron chi connectivity index (χ0n) is 16.4. The van der Waals surface area contributed by atoms with E-state index in [1.54, 1.807) is 0 Å². The third kappa shape index (κ3) is 12.7. The summed E-state index contributed by atoms with van der Waals surface area (Å²) in [6.45, 7) is 4.66. The van der Waals surface area contributed by atoms with Crippen LogP contribution < -0.4 is 0 Å². The largest absolute Gasteiger partial charge is 0.481 e. The number of carboxylic acids is 1. The SMILES string of the molecule is CC(C)(CCCCCCCCCc1ccccc1)CCCCC(=O)O. The van der Waals surface area contributed by atoms with Gasteiger partial charge in [-0.1, -0.05) is 89.1 Å². The lowest BCUT2D eigenvalue weighted by atomic mass is 9.82. The Kier molecular flexibility index (Phi) is 11.3. The molecule has 0 heterocycles. The predicted molar refractivity (Wildman–Crippen MR) is 107 cm³/mol. The van der Waals surface area contributed by atoms with Gasteiger partial charge in [-0.05, 0) is 43.1 Å². The lowest BCUT2D eigenvalue weighted by Crippen LogP contribution is -2.11. The van der Waals surface area contributed by atoms with Crippen molar-refractivity contribution < 1.29 is 9.90 Å². The Morgan fingerprint density at radius 3 is 1.92 bits per heavy atom. The van der Waals surface area contributed by atoms with E-state index in [2.05, 4.69) is 44.2 Å². The van der Waals surface area contributed by atoms with Gasteiger partial charge in [0.25, 0.3) is 0 Å². The second-order valence-electron chi connectivity index (χ2n) is 8.23. The fraction of sp³-hybridized carbons (Fsp3) is 0.696. The van der Waals surface area contributed by atoms with Crippen LogP contribution in [0.4, 0.5) is 0 Å². The van der Waals surface area contributed by atoms with Crippen LogP contribution in [0.2, 0.25) is 0 Å². The molecule has 0 atom stereocenters. The summed E-state index contributed by atoms with van der Waals surface area (Å²) in [7, 11) is 0. The first-order chi connectivity index (χ1) is 12.0. The molecule has 0 fully saturated rings. The van der Waals surface area contributed by atoms with Crippen LogP contribution in [0, 0.1) is 5.41 Å². The molecule has 0 saturated heterocycles. The van der Waals surface area contributed by atoms with Crippen molar-refractivity contribution in [2.45, 2.75) is 97.3 Å². The molecule has 2 nitrogen and oxygen atoms in total. The number of carbonyl (C=O) groups is 1. The Morgan fingerprint density at radius 1 is 0.800 bits per heavy atom. The third-order valence-corrected chi connectivity index (χ3v) is 5.16. The number of unbranched alkanes of at least 4 members (excludes halogenated alkanes) is 7. The molecule has 0 amide bonds. The van der Waals surface area contributed by atoms with Crippen LogP contribution in [0.25, 0.3) is 0 Å². The van der Waals surface area contributed by atoms with Crippen molar-refractivity contribution in [3.05, 3.63) is 35.9 Å². The smallest absolute Gasteiger partial charge is 0.303 e. The van der Waals surface area contributed by atoms with Gasteiger partial charge in [-0.2, -0.15) is 0 Å². The summed E-state index contributed by atoms with van der Waals surface area (Å²) in [5.74, 6) is -0.665. The first-order valence-corrected chi connectivity index (χ1v) is 10.3. The predicted octanol–water partition coefficient (Wildman–Crippen LogP) is 7.02. The van der Waals surface area contributed by atoms with Crippen molar-refractivity contribution in [3.8, 4) is 0 Å². The second kappa shape index (κ2) is 13.0. The van der Waals surface area contributed by atoms with Crippen molar-refractivity contribution >= 4 is 5.97 Å². The summed E-state index contributed by atoms with van der Waals surface area (Å²) in [6, 6.07) is 10.8. The molecule has 1 N–H and O–H groups in total. The average Bonchev–Trinajstić information content (AvgIpc) is 2.58. The molecule has 0 aromatic heterocycles. The number of hydrogen-bond donors (Lipinski definition) is 1. The molecular formula is C23H38O2. The van der Waals surface area contributed by atoms with E-state index in [1.165, 1.54) is 63.4 Å². The van der Waals surface area contributed by atoms with Gasteiger partial charge in [-0.3, -0.25) is 4.79 Å². The van der Waals surface area contributed by atoms with Crippen molar-refractivity contribution in [3.63, 3.8) is 0 Å². The molecule has 0 aliphatic heterocycles. The maximum atomic E-state index is 10.5. The van der Waals surface area contributed by atoms with Gasteiger partial charge in [-0.15, -0.1) is 0 Å². The molecule has 0 spiro atoms. The van der Waals surface area contributed by atoms with Gasteiger partial charge < -0.3 is 5.11 Å². The standard InChI is InChI=1S/C23H38O2/c1-23(2,20-14-12-18-22(24)25)19-13-7-5-3-4-6-9-15-21-16-10-8-11-17-21/h8,10-11,16-17H,3-7,9,12-15,18-20H2,1-2H3,(H,24,25). The van der Waals surface area contributed by atoms with Crippen LogP contribution >= 0.6 is 0 Å². The third-order valence-electron chi connectivity index (χ3n) is 5.16. The number of aliphatic carboxylic acids is 1. The molecule has 142 valence electrons. The maximum absolute atomic E-state index is 10.5. The lowest BCUT2D eigenvalue weighted by Gasteiger charge is -2.24. The van der Waals surface area contributed by atoms with Crippen molar-refractivity contribution in [2.24, 2.45) is 5.41 Å². The molecule has 0 aliphatic rings. The fourth-order valence-electron chi connectivity index (χ4n) is 3.47. The van der Waals surface area contributed by atoms with Gasteiger partial charge in [0.2, 0.25) is 0 Å². The van der Waals surface area contributed by atoms with Crippen molar-refractivity contribution in [1.82, 2.24) is 0 Å². The maximum Gasteiger partial charge on any atom is 0.303 e. The second-order valence-corrected chi connectivity index (χ2v) is 8.23. The van der Waals surface area contributed by atoms with Crippen LogP contribution in [0.1, 0.15) is 96.5 Å². The van der Waals surface area contributed by atoms with E-state index in [4.69, 9.17) is 5.11 Å². The van der Waals surface area contributed by atoms with E-state index < -0.39 is 5.97 Å². The first-order valence-electron chi connectivity index (χ1n) is 10.3. The molecule has 0 bridgehead atoms. The molecule has 1 rings (SSSR count). The lowest BCUT2D eigenvalue weighted by molar-refractivity contribution is -0.137. The summed E-state index contributed by atoms with van der Waals surface area (Å²) >= 11 is 0. The molecule has 1 aromatic rings. The van der Waals surface area contributed by atoms with Gasteiger partial charge in [0, 0.05) is 6.42 Å². The summed E-state index contributed by atoms with van der Waals surface area (Å²) in [4.78, 5) is 10.5. The van der Waals surface area contributed by atoms with Crippen LogP contribution in [-0.2, 0) is 11.2 Å². The Labute approximate surface area is 155 Å². The summed E-state index contributed by atoms with van der Waals surface area (Å²) in [6.07, 6.45) is 15.2. The minimum Gasteiger partial charge on any atom is -0.481 e. The molecule has 0 radical (unpaired) electrons. The number of rotatable bonds is 15. The van der Waals surface area contributed by atoms with E-state index in [0.29, 0.717) is 11.8 Å². The van der Waals surface area contributed by atoms with Gasteiger partial charge in [0.15, 0.2) is 0 Å². The van der Waals surface area contributed by atoms with Crippen molar-refractivity contribution in [1.29, 1.82) is 0 Å². The van der Waals surface area contributed by atoms with Gasteiger partial charge in [0.05, 0.1) is 0 Å². The van der Waals surface area contributed by atoms with Crippen LogP contribution in [0.5, 0.6) is 0 Å². The van der Waals surface area contributed by atoms with Crippen LogP contribution in [0.3, 0.4) is 0 Å². The van der Waals surface area contributed by atoms with E-state index in [9.17, 15) is 4.79 Å². The Hall–Kier alpha value is -1.31. The van der Waals surface area contributed by atoms with E-state index >= 15 is 0 Å². The minimum absolute atomic E-state index is 0.320. The van der Waals surface area contributed by atoms with E-state index in [1.807, 2.05) is 0 Å². The van der Waals surface area contributed by atoms with Crippen molar-refractivity contribution in [2.75, 3.05) is 0 Å². The molecule has 0 aliphatic carbocycles. The number of hydrogen-bond acceptors (Lipinski definition) is 1. The Morgan fingerprint density at radius 2 is 1.32 bits per heavy atom. The van der Waals surface area contributed by atoms with Crippen LogP contribution in [0.15, 0.2) is 30.3 Å². The molecule has 25 heavy (non-hydrogen) atoms. The summed E-state index contributed by atoms with van der Waals surface area (Å²) < 4.78 is 0. The van der Waals surface area contributed by atoms with Gasteiger partial charge in [0.1, 0.15) is 0 Å². The Bertz CT molecular complexity index is 450.